The molecule has 0 aliphatic rings. The van der Waals surface area contributed by atoms with Gasteiger partial charge in [-0.15, -0.1) is 11.6 Å². The van der Waals surface area contributed by atoms with Crippen molar-refractivity contribution in [3.8, 4) is 0 Å². The van der Waals surface area contributed by atoms with E-state index in [1.54, 1.807) is 0 Å². The normalized spacial score (nSPS) is 13.1. The highest BCUT2D eigenvalue weighted by atomic mass is 35.5. The fourth-order valence-corrected chi connectivity index (χ4v) is 2.02. The first-order valence-corrected chi connectivity index (χ1v) is 5.75. The molecule has 86 valence electrons. The van der Waals surface area contributed by atoms with Gasteiger partial charge >= 0.3 is 0 Å². The van der Waals surface area contributed by atoms with Crippen LogP contribution in [0.15, 0.2) is 18.2 Å². The van der Waals surface area contributed by atoms with Crippen LogP contribution in [0.2, 0.25) is 0 Å². The van der Waals surface area contributed by atoms with E-state index < -0.39 is 0 Å². The summed E-state index contributed by atoms with van der Waals surface area (Å²) in [4.78, 5) is 4.58. The molecule has 2 aromatic rings. The molecule has 3 nitrogen and oxygen atoms in total. The molecule has 0 aliphatic heterocycles. The van der Waals surface area contributed by atoms with Gasteiger partial charge in [-0.25, -0.2) is 9.66 Å². The number of fused-ring (bicyclic) bond motifs is 1. The van der Waals surface area contributed by atoms with Crippen LogP contribution in [0.3, 0.4) is 0 Å². The summed E-state index contributed by atoms with van der Waals surface area (Å²) in [5, 5.41) is 1.90. The minimum absolute atomic E-state index is 0.102. The maximum atomic E-state index is 6.15. The molecule has 2 rings (SSSR count). The Morgan fingerprint density at radius 1 is 1.38 bits per heavy atom. The van der Waals surface area contributed by atoms with Crippen LogP contribution in [-0.4, -0.2) is 23.8 Å². The van der Waals surface area contributed by atoms with Crippen molar-refractivity contribution < 1.29 is 0 Å². The van der Waals surface area contributed by atoms with Crippen LogP contribution in [0.4, 0.5) is 0 Å². The van der Waals surface area contributed by atoms with Crippen molar-refractivity contribution in [3.63, 3.8) is 0 Å². The van der Waals surface area contributed by atoms with Crippen molar-refractivity contribution in [2.24, 2.45) is 0 Å². The number of aromatic nitrogens is 2. The van der Waals surface area contributed by atoms with Gasteiger partial charge < -0.3 is 5.01 Å². The van der Waals surface area contributed by atoms with Gasteiger partial charge in [0.2, 0.25) is 0 Å². The molecule has 0 fully saturated rings. The number of aryl methyl sites for hydroxylation is 1. The van der Waals surface area contributed by atoms with E-state index in [0.717, 1.165) is 16.9 Å². The fraction of sp³-hybridized carbons (Fsp3) is 0.417. The number of hydrogen-bond donors (Lipinski definition) is 0. The number of alkyl halides is 1. The summed E-state index contributed by atoms with van der Waals surface area (Å²) < 4.78 is 2.05. The van der Waals surface area contributed by atoms with Crippen molar-refractivity contribution in [1.29, 1.82) is 0 Å². The van der Waals surface area contributed by atoms with E-state index in [4.69, 9.17) is 11.6 Å². The first-order chi connectivity index (χ1) is 7.50. The van der Waals surface area contributed by atoms with Crippen molar-refractivity contribution in [2.75, 3.05) is 19.1 Å². The SMILES string of the molecule is Cc1ccc2c(c1)nc(C(C)Cl)n2N(C)C. The molecule has 16 heavy (non-hydrogen) atoms. The third kappa shape index (κ3) is 1.76. The molecule has 0 N–H and O–H groups in total. The van der Waals surface area contributed by atoms with Crippen LogP contribution in [0, 0.1) is 6.92 Å². The second-order valence-corrected chi connectivity index (χ2v) is 4.89. The summed E-state index contributed by atoms with van der Waals surface area (Å²) in [6, 6.07) is 6.26. The lowest BCUT2D eigenvalue weighted by atomic mass is 10.2. The first kappa shape index (κ1) is 11.3. The summed E-state index contributed by atoms with van der Waals surface area (Å²) in [5.74, 6) is 0.882. The second kappa shape index (κ2) is 3.98. The van der Waals surface area contributed by atoms with E-state index in [2.05, 4.69) is 30.1 Å². The molecule has 0 amide bonds. The Morgan fingerprint density at radius 3 is 2.62 bits per heavy atom. The first-order valence-electron chi connectivity index (χ1n) is 5.31. The zero-order chi connectivity index (χ0) is 11.9. The topological polar surface area (TPSA) is 21.1 Å². The third-order valence-corrected chi connectivity index (χ3v) is 2.76. The van der Waals surface area contributed by atoms with Gasteiger partial charge in [-0.3, -0.25) is 0 Å². The number of benzene rings is 1. The Labute approximate surface area is 101 Å². The average Bonchev–Trinajstić information content (AvgIpc) is 2.55. The van der Waals surface area contributed by atoms with Crippen molar-refractivity contribution in [1.82, 2.24) is 9.66 Å². The van der Waals surface area contributed by atoms with Gasteiger partial charge in [-0.2, -0.15) is 0 Å². The Bertz CT molecular complexity index is 514. The van der Waals surface area contributed by atoms with Crippen molar-refractivity contribution >= 4 is 22.6 Å². The molecular weight excluding hydrogens is 222 g/mol. The number of imidazole rings is 1. The molecule has 4 heteroatoms. The lowest BCUT2D eigenvalue weighted by molar-refractivity contribution is 0.694. The van der Waals surface area contributed by atoms with E-state index in [0.29, 0.717) is 0 Å². The lowest BCUT2D eigenvalue weighted by Gasteiger charge is -2.19. The summed E-state index contributed by atoms with van der Waals surface area (Å²) in [7, 11) is 3.98. The lowest BCUT2D eigenvalue weighted by Crippen LogP contribution is -2.26. The smallest absolute Gasteiger partial charge is 0.146 e. The Morgan fingerprint density at radius 2 is 2.06 bits per heavy atom. The van der Waals surface area contributed by atoms with Gasteiger partial charge in [0, 0.05) is 14.1 Å². The van der Waals surface area contributed by atoms with E-state index in [9.17, 15) is 0 Å². The van der Waals surface area contributed by atoms with Crippen LogP contribution in [-0.2, 0) is 0 Å². The largest absolute Gasteiger partial charge is 0.317 e. The molecule has 0 saturated heterocycles. The minimum atomic E-state index is -0.102. The summed E-state index contributed by atoms with van der Waals surface area (Å²) in [6.45, 7) is 4.01. The van der Waals surface area contributed by atoms with Gasteiger partial charge in [0.1, 0.15) is 5.82 Å². The highest BCUT2D eigenvalue weighted by Crippen LogP contribution is 2.24. The van der Waals surface area contributed by atoms with Crippen LogP contribution in [0.1, 0.15) is 23.7 Å². The number of nitrogens with zero attached hydrogens (tertiary/aromatic N) is 3. The quantitative estimate of drug-likeness (QED) is 0.749. The summed E-state index contributed by atoms with van der Waals surface area (Å²) >= 11 is 6.15. The van der Waals surface area contributed by atoms with Gasteiger partial charge in [0.15, 0.2) is 0 Å². The molecular formula is C12H16ClN3. The summed E-state index contributed by atoms with van der Waals surface area (Å²) in [6.07, 6.45) is 0. The standard InChI is InChI=1S/C12H16ClN3/c1-8-5-6-11-10(7-8)14-12(9(2)13)16(11)15(3)4/h5-7,9H,1-4H3. The Balaban J connectivity index is 2.75. The minimum Gasteiger partial charge on any atom is -0.317 e. The van der Waals surface area contributed by atoms with E-state index in [1.165, 1.54) is 5.56 Å². The van der Waals surface area contributed by atoms with Crippen LogP contribution < -0.4 is 5.01 Å². The number of halogens is 1. The molecule has 0 radical (unpaired) electrons. The van der Waals surface area contributed by atoms with Gasteiger partial charge in [-0.05, 0) is 31.5 Å². The highest BCUT2D eigenvalue weighted by Gasteiger charge is 2.15. The van der Waals surface area contributed by atoms with E-state index in [1.807, 2.05) is 30.7 Å². The zero-order valence-corrected chi connectivity index (χ0v) is 10.8. The molecule has 1 aromatic heterocycles. The maximum absolute atomic E-state index is 6.15. The average molecular weight is 238 g/mol. The molecule has 1 atom stereocenters. The molecule has 1 heterocycles. The predicted molar refractivity (Wildman–Crippen MR) is 68.8 cm³/mol. The van der Waals surface area contributed by atoms with Crippen molar-refractivity contribution in [3.05, 3.63) is 29.6 Å². The highest BCUT2D eigenvalue weighted by molar-refractivity contribution is 6.20. The van der Waals surface area contributed by atoms with E-state index in [-0.39, 0.29) is 5.38 Å². The van der Waals surface area contributed by atoms with Crippen LogP contribution >= 0.6 is 11.6 Å². The number of hydrogen-bond acceptors (Lipinski definition) is 2. The van der Waals surface area contributed by atoms with Gasteiger partial charge in [0.05, 0.1) is 16.4 Å². The Hall–Kier alpha value is -1.22. The van der Waals surface area contributed by atoms with Crippen molar-refractivity contribution in [2.45, 2.75) is 19.2 Å². The molecule has 0 spiro atoms. The van der Waals surface area contributed by atoms with Crippen LogP contribution in [0.25, 0.3) is 11.0 Å². The zero-order valence-electron chi connectivity index (χ0n) is 10.0. The van der Waals surface area contributed by atoms with Gasteiger partial charge in [0.25, 0.3) is 0 Å². The van der Waals surface area contributed by atoms with Crippen LogP contribution in [0.5, 0.6) is 0 Å². The van der Waals surface area contributed by atoms with Gasteiger partial charge in [-0.1, -0.05) is 6.07 Å². The second-order valence-electron chi connectivity index (χ2n) is 4.24. The fourth-order valence-electron chi connectivity index (χ4n) is 1.87. The van der Waals surface area contributed by atoms with E-state index >= 15 is 0 Å². The maximum Gasteiger partial charge on any atom is 0.146 e. The predicted octanol–water partition coefficient (Wildman–Crippen LogP) is 2.84. The molecule has 1 aromatic carbocycles. The monoisotopic (exact) mass is 237 g/mol. The molecule has 0 bridgehead atoms. The number of rotatable bonds is 2. The molecule has 0 saturated carbocycles. The third-order valence-electron chi connectivity index (χ3n) is 2.57. The Kier molecular flexibility index (Phi) is 2.80. The molecule has 1 unspecified atom stereocenters. The molecule has 0 aliphatic carbocycles. The summed E-state index contributed by atoms with van der Waals surface area (Å²) in [5.41, 5.74) is 3.30.